The zero-order valence-electron chi connectivity index (χ0n) is 11.8. The fraction of sp³-hybridized carbons (Fsp3) is 0.625. The van der Waals surface area contributed by atoms with Gasteiger partial charge in [-0.25, -0.2) is 0 Å². The molecular formula is C16H25NO. The first-order chi connectivity index (χ1) is 8.72. The molecule has 1 aromatic rings. The molecule has 0 bridgehead atoms. The second kappa shape index (κ2) is 5.85. The van der Waals surface area contributed by atoms with Crippen molar-refractivity contribution in [2.75, 3.05) is 26.8 Å². The maximum Gasteiger partial charge on any atom is 0.0525 e. The maximum atomic E-state index is 5.52. The van der Waals surface area contributed by atoms with Gasteiger partial charge in [-0.1, -0.05) is 36.8 Å². The normalized spacial score (nSPS) is 28.3. The van der Waals surface area contributed by atoms with Crippen molar-refractivity contribution in [2.24, 2.45) is 5.41 Å². The molecule has 2 unspecified atom stereocenters. The topological polar surface area (TPSA) is 21.3 Å². The van der Waals surface area contributed by atoms with Crippen molar-refractivity contribution in [2.45, 2.75) is 32.6 Å². The van der Waals surface area contributed by atoms with Crippen LogP contribution in [0.4, 0.5) is 0 Å². The first kappa shape index (κ1) is 13.6. The van der Waals surface area contributed by atoms with Crippen LogP contribution in [0, 0.1) is 12.3 Å². The molecule has 1 N–H and O–H groups in total. The lowest BCUT2D eigenvalue weighted by Crippen LogP contribution is -2.45. The van der Waals surface area contributed by atoms with Crippen LogP contribution < -0.4 is 5.32 Å². The predicted octanol–water partition coefficient (Wildman–Crippen LogP) is 3.11. The molecule has 0 spiro atoms. The highest BCUT2D eigenvalue weighted by Crippen LogP contribution is 2.43. The first-order valence-electron chi connectivity index (χ1n) is 6.98. The minimum atomic E-state index is 0.301. The smallest absolute Gasteiger partial charge is 0.0525 e. The number of hydrogen-bond acceptors (Lipinski definition) is 2. The minimum absolute atomic E-state index is 0.301. The van der Waals surface area contributed by atoms with E-state index >= 15 is 0 Å². The first-order valence-corrected chi connectivity index (χ1v) is 6.98. The van der Waals surface area contributed by atoms with Gasteiger partial charge in [-0.15, -0.1) is 0 Å². The number of nitrogens with one attached hydrogen (secondary N) is 1. The van der Waals surface area contributed by atoms with Crippen molar-refractivity contribution < 1.29 is 4.74 Å². The summed E-state index contributed by atoms with van der Waals surface area (Å²) in [5, 5.41) is 3.54. The Morgan fingerprint density at radius 3 is 2.67 bits per heavy atom. The summed E-state index contributed by atoms with van der Waals surface area (Å²) in [6.07, 6.45) is 2.39. The molecule has 0 aliphatic carbocycles. The highest BCUT2D eigenvalue weighted by atomic mass is 16.5. The second-order valence-corrected chi connectivity index (χ2v) is 5.57. The van der Waals surface area contributed by atoms with Gasteiger partial charge in [0.15, 0.2) is 0 Å². The molecule has 0 radical (unpaired) electrons. The van der Waals surface area contributed by atoms with Gasteiger partial charge in [-0.3, -0.25) is 0 Å². The third-order valence-corrected chi connectivity index (χ3v) is 4.50. The monoisotopic (exact) mass is 247 g/mol. The van der Waals surface area contributed by atoms with Gasteiger partial charge in [0.1, 0.15) is 0 Å². The number of benzene rings is 1. The lowest BCUT2D eigenvalue weighted by atomic mass is 9.66. The number of ether oxygens (including phenoxy) is 1. The zero-order chi connectivity index (χ0) is 13.0. The molecule has 1 saturated heterocycles. The van der Waals surface area contributed by atoms with Crippen LogP contribution in [0.15, 0.2) is 24.3 Å². The maximum absolute atomic E-state index is 5.52. The van der Waals surface area contributed by atoms with E-state index in [9.17, 15) is 0 Å². The Hall–Kier alpha value is -0.860. The zero-order valence-corrected chi connectivity index (χ0v) is 11.8. The van der Waals surface area contributed by atoms with Gasteiger partial charge in [0.05, 0.1) is 6.61 Å². The summed E-state index contributed by atoms with van der Waals surface area (Å²) < 4.78 is 5.52. The van der Waals surface area contributed by atoms with E-state index in [-0.39, 0.29) is 0 Å². The average Bonchev–Trinajstić information content (AvgIpc) is 2.41. The molecule has 1 aliphatic heterocycles. The van der Waals surface area contributed by atoms with E-state index in [0.29, 0.717) is 11.3 Å². The van der Waals surface area contributed by atoms with E-state index in [2.05, 4.69) is 43.4 Å². The van der Waals surface area contributed by atoms with E-state index in [1.54, 1.807) is 0 Å². The summed E-state index contributed by atoms with van der Waals surface area (Å²) in [6, 6.07) is 9.01. The van der Waals surface area contributed by atoms with E-state index in [1.165, 1.54) is 24.0 Å². The largest absolute Gasteiger partial charge is 0.384 e. The Balaban J connectivity index is 2.29. The molecule has 0 saturated carbocycles. The van der Waals surface area contributed by atoms with Crippen LogP contribution in [-0.4, -0.2) is 26.8 Å². The molecule has 1 fully saturated rings. The fourth-order valence-electron chi connectivity index (χ4n) is 3.23. The highest BCUT2D eigenvalue weighted by Gasteiger charge is 2.40. The summed E-state index contributed by atoms with van der Waals surface area (Å²) in [5.41, 5.74) is 3.08. The number of hydrogen-bond donors (Lipinski definition) is 1. The molecule has 2 atom stereocenters. The highest BCUT2D eigenvalue weighted by molar-refractivity contribution is 5.27. The van der Waals surface area contributed by atoms with Crippen molar-refractivity contribution in [3.05, 3.63) is 35.4 Å². The third kappa shape index (κ3) is 2.60. The van der Waals surface area contributed by atoms with Gasteiger partial charge >= 0.3 is 0 Å². The summed E-state index contributed by atoms with van der Waals surface area (Å²) in [7, 11) is 1.83. The van der Waals surface area contributed by atoms with E-state index in [4.69, 9.17) is 4.74 Å². The Bertz CT molecular complexity index is 369. The molecule has 18 heavy (non-hydrogen) atoms. The number of methoxy groups -OCH3 is 1. The Kier molecular flexibility index (Phi) is 4.41. The van der Waals surface area contributed by atoms with Crippen LogP contribution >= 0.6 is 0 Å². The molecule has 1 aliphatic rings. The van der Waals surface area contributed by atoms with E-state index in [1.807, 2.05) is 7.11 Å². The van der Waals surface area contributed by atoms with Crippen LogP contribution in [0.1, 0.15) is 36.8 Å². The molecule has 2 rings (SSSR count). The molecule has 1 heterocycles. The summed E-state index contributed by atoms with van der Waals surface area (Å²) >= 11 is 0. The van der Waals surface area contributed by atoms with Gasteiger partial charge < -0.3 is 10.1 Å². The standard InChI is InChI=1S/C16H25NO/c1-4-16(12-18-3)9-10-17-11-15(16)14-7-5-13(2)6-8-14/h5-8,15,17H,4,9-12H2,1-3H3. The van der Waals surface area contributed by atoms with Crippen LogP contribution in [0.5, 0.6) is 0 Å². The number of aryl methyl sites for hydroxylation is 1. The Morgan fingerprint density at radius 1 is 1.33 bits per heavy atom. The van der Waals surface area contributed by atoms with Crippen LogP contribution in [0.2, 0.25) is 0 Å². The lowest BCUT2D eigenvalue weighted by Gasteiger charge is -2.44. The fourth-order valence-corrected chi connectivity index (χ4v) is 3.23. The Morgan fingerprint density at radius 2 is 2.06 bits per heavy atom. The summed E-state index contributed by atoms with van der Waals surface area (Å²) in [6.45, 7) is 7.49. The average molecular weight is 247 g/mol. The van der Waals surface area contributed by atoms with Gasteiger partial charge in [-0.05, 0) is 31.9 Å². The van der Waals surface area contributed by atoms with Crippen LogP contribution in [0.3, 0.4) is 0 Å². The van der Waals surface area contributed by atoms with Crippen molar-refractivity contribution in [3.63, 3.8) is 0 Å². The predicted molar refractivity (Wildman–Crippen MR) is 76.0 cm³/mol. The quantitative estimate of drug-likeness (QED) is 0.882. The second-order valence-electron chi connectivity index (χ2n) is 5.57. The molecular weight excluding hydrogens is 222 g/mol. The van der Waals surface area contributed by atoms with Gasteiger partial charge in [0.25, 0.3) is 0 Å². The van der Waals surface area contributed by atoms with Crippen molar-refractivity contribution in [1.29, 1.82) is 0 Å². The van der Waals surface area contributed by atoms with Crippen molar-refractivity contribution >= 4 is 0 Å². The van der Waals surface area contributed by atoms with Gasteiger partial charge in [0.2, 0.25) is 0 Å². The number of piperidine rings is 1. The van der Waals surface area contributed by atoms with E-state index < -0.39 is 0 Å². The van der Waals surface area contributed by atoms with Crippen LogP contribution in [0.25, 0.3) is 0 Å². The summed E-state index contributed by atoms with van der Waals surface area (Å²) in [5.74, 6) is 0.566. The van der Waals surface area contributed by atoms with E-state index in [0.717, 1.165) is 19.7 Å². The van der Waals surface area contributed by atoms with Crippen molar-refractivity contribution in [1.82, 2.24) is 5.32 Å². The molecule has 0 amide bonds. The minimum Gasteiger partial charge on any atom is -0.384 e. The van der Waals surface area contributed by atoms with Gasteiger partial charge in [-0.2, -0.15) is 0 Å². The molecule has 100 valence electrons. The SMILES string of the molecule is CCC1(COC)CCNCC1c1ccc(C)cc1. The number of rotatable bonds is 4. The third-order valence-electron chi connectivity index (χ3n) is 4.50. The Labute approximate surface area is 111 Å². The van der Waals surface area contributed by atoms with Gasteiger partial charge in [0, 0.05) is 25.0 Å². The molecule has 2 heteroatoms. The summed E-state index contributed by atoms with van der Waals surface area (Å²) in [4.78, 5) is 0. The molecule has 2 nitrogen and oxygen atoms in total. The van der Waals surface area contributed by atoms with Crippen LogP contribution in [-0.2, 0) is 4.74 Å². The van der Waals surface area contributed by atoms with Crippen molar-refractivity contribution in [3.8, 4) is 0 Å². The molecule has 0 aromatic heterocycles. The molecule has 1 aromatic carbocycles. The lowest BCUT2D eigenvalue weighted by molar-refractivity contribution is 0.0332.